The molecule has 7 heteroatoms. The number of amides is 2. The van der Waals surface area contributed by atoms with E-state index in [1.165, 1.54) is 0 Å². The van der Waals surface area contributed by atoms with E-state index in [-0.39, 0.29) is 11.3 Å². The fourth-order valence-electron chi connectivity index (χ4n) is 3.81. The molecule has 0 radical (unpaired) electrons. The lowest BCUT2D eigenvalue weighted by Crippen LogP contribution is -2.37. The molecule has 34 heavy (non-hydrogen) atoms. The molecule has 1 aliphatic rings. The highest BCUT2D eigenvalue weighted by Gasteiger charge is 2.17. The Balaban J connectivity index is 1.80. The molecule has 2 aromatic carbocycles. The van der Waals surface area contributed by atoms with Gasteiger partial charge >= 0.3 is 0 Å². The fourth-order valence-corrected chi connectivity index (χ4v) is 3.81. The number of nitrogens with zero attached hydrogens (tertiary/aromatic N) is 1. The number of carbonyl (C=O) groups is 2. The lowest BCUT2D eigenvalue weighted by atomic mass is 9.95. The van der Waals surface area contributed by atoms with Crippen LogP contribution in [0.5, 0.6) is 5.75 Å². The molecule has 7 nitrogen and oxygen atoms in total. The SMILES string of the molecule is Cc1ccc(C(=O)NCC(C)(C)C)cc1-c1ccc(C(N)=O)cc1OCCCN1CCOCC1. The molecule has 0 unspecified atom stereocenters. The summed E-state index contributed by atoms with van der Waals surface area (Å²) in [4.78, 5) is 26.9. The molecule has 1 saturated heterocycles. The number of nitrogens with two attached hydrogens (primary N) is 1. The van der Waals surface area contributed by atoms with Crippen LogP contribution in [0.25, 0.3) is 11.1 Å². The zero-order valence-corrected chi connectivity index (χ0v) is 20.8. The summed E-state index contributed by atoms with van der Waals surface area (Å²) >= 11 is 0. The summed E-state index contributed by atoms with van der Waals surface area (Å²) in [7, 11) is 0. The zero-order chi connectivity index (χ0) is 24.7. The number of nitrogens with one attached hydrogen (secondary N) is 1. The van der Waals surface area contributed by atoms with Crippen LogP contribution in [0.3, 0.4) is 0 Å². The summed E-state index contributed by atoms with van der Waals surface area (Å²) < 4.78 is 11.6. The van der Waals surface area contributed by atoms with Gasteiger partial charge in [-0.25, -0.2) is 0 Å². The molecular formula is C27H37N3O4. The molecule has 1 heterocycles. The van der Waals surface area contributed by atoms with Gasteiger partial charge in [-0.15, -0.1) is 0 Å². The molecule has 2 amide bonds. The minimum Gasteiger partial charge on any atom is -0.493 e. The first-order chi connectivity index (χ1) is 16.1. The monoisotopic (exact) mass is 467 g/mol. The molecule has 3 N–H and O–H groups in total. The number of ether oxygens (including phenoxy) is 2. The van der Waals surface area contributed by atoms with Gasteiger partial charge in [-0.1, -0.05) is 26.8 Å². The Bertz CT molecular complexity index is 1010. The van der Waals surface area contributed by atoms with E-state index in [0.717, 1.165) is 56.0 Å². The van der Waals surface area contributed by atoms with Crippen molar-refractivity contribution < 1.29 is 19.1 Å². The van der Waals surface area contributed by atoms with Crippen molar-refractivity contribution in [3.63, 3.8) is 0 Å². The zero-order valence-electron chi connectivity index (χ0n) is 20.8. The van der Waals surface area contributed by atoms with Crippen LogP contribution in [0.2, 0.25) is 0 Å². The Kier molecular flexibility index (Phi) is 8.69. The minimum absolute atomic E-state index is 0.00396. The topological polar surface area (TPSA) is 93.9 Å². The number of hydrogen-bond donors (Lipinski definition) is 2. The minimum atomic E-state index is -0.503. The van der Waals surface area contributed by atoms with E-state index in [2.05, 4.69) is 31.0 Å². The number of aryl methyl sites for hydroxylation is 1. The van der Waals surface area contributed by atoms with E-state index in [9.17, 15) is 9.59 Å². The molecule has 1 fully saturated rings. The van der Waals surface area contributed by atoms with Crippen molar-refractivity contribution in [2.75, 3.05) is 46.0 Å². The predicted octanol–water partition coefficient (Wildman–Crippen LogP) is 3.64. The van der Waals surface area contributed by atoms with Gasteiger partial charge in [0.05, 0.1) is 19.8 Å². The molecule has 0 aromatic heterocycles. The Morgan fingerprint density at radius 2 is 1.76 bits per heavy atom. The summed E-state index contributed by atoms with van der Waals surface area (Å²) in [5, 5.41) is 3.00. The van der Waals surface area contributed by atoms with Crippen LogP contribution in [0.1, 0.15) is 53.5 Å². The quantitative estimate of drug-likeness (QED) is 0.549. The molecule has 0 saturated carbocycles. The summed E-state index contributed by atoms with van der Waals surface area (Å²) in [5.41, 5.74) is 9.23. The number of benzene rings is 2. The molecule has 0 atom stereocenters. The lowest BCUT2D eigenvalue weighted by Gasteiger charge is -2.26. The van der Waals surface area contributed by atoms with Gasteiger partial charge in [0.25, 0.3) is 5.91 Å². The van der Waals surface area contributed by atoms with E-state index in [1.54, 1.807) is 12.1 Å². The van der Waals surface area contributed by atoms with Gasteiger partial charge in [0, 0.05) is 42.9 Å². The number of hydrogen-bond acceptors (Lipinski definition) is 5. The first-order valence-electron chi connectivity index (χ1n) is 11.9. The van der Waals surface area contributed by atoms with Crippen LogP contribution in [-0.2, 0) is 4.74 Å². The standard InChI is InChI=1S/C27H37N3O4/c1-19-6-7-21(26(32)29-18-27(2,3)4)16-23(19)22-9-8-20(25(28)31)17-24(22)34-13-5-10-30-11-14-33-15-12-30/h6-9,16-17H,5,10-15,18H2,1-4H3,(H2,28,31)(H,29,32). The number of carbonyl (C=O) groups excluding carboxylic acids is 2. The summed E-state index contributed by atoms with van der Waals surface area (Å²) in [6, 6.07) is 10.9. The summed E-state index contributed by atoms with van der Waals surface area (Å²) in [5.74, 6) is -0.0247. The van der Waals surface area contributed by atoms with E-state index in [0.29, 0.717) is 30.0 Å². The van der Waals surface area contributed by atoms with Crippen LogP contribution in [-0.4, -0.2) is 62.7 Å². The summed E-state index contributed by atoms with van der Waals surface area (Å²) in [6.45, 7) is 13.7. The van der Waals surface area contributed by atoms with Crippen LogP contribution >= 0.6 is 0 Å². The third kappa shape index (κ3) is 7.30. The summed E-state index contributed by atoms with van der Waals surface area (Å²) in [6.07, 6.45) is 0.856. The maximum Gasteiger partial charge on any atom is 0.251 e. The van der Waals surface area contributed by atoms with Crippen LogP contribution in [0.15, 0.2) is 36.4 Å². The number of morpholine rings is 1. The maximum atomic E-state index is 12.8. The van der Waals surface area contributed by atoms with Gasteiger partial charge in [0.1, 0.15) is 5.75 Å². The molecule has 2 aromatic rings. The van der Waals surface area contributed by atoms with E-state index in [4.69, 9.17) is 15.2 Å². The Morgan fingerprint density at radius 3 is 2.44 bits per heavy atom. The van der Waals surface area contributed by atoms with Crippen LogP contribution in [0, 0.1) is 12.3 Å². The van der Waals surface area contributed by atoms with Crippen LogP contribution in [0.4, 0.5) is 0 Å². The number of primary amides is 1. The molecule has 184 valence electrons. The normalized spacial score (nSPS) is 14.6. The van der Waals surface area contributed by atoms with E-state index >= 15 is 0 Å². The highest BCUT2D eigenvalue weighted by atomic mass is 16.5. The van der Waals surface area contributed by atoms with Gasteiger partial charge in [0.15, 0.2) is 0 Å². The molecular weight excluding hydrogens is 430 g/mol. The van der Waals surface area contributed by atoms with Crippen LogP contribution < -0.4 is 15.8 Å². The van der Waals surface area contributed by atoms with Gasteiger partial charge in [-0.3, -0.25) is 14.5 Å². The second kappa shape index (κ2) is 11.5. The number of rotatable bonds is 9. The van der Waals surface area contributed by atoms with Crippen molar-refractivity contribution in [1.29, 1.82) is 0 Å². The fraction of sp³-hybridized carbons (Fsp3) is 0.481. The van der Waals surface area contributed by atoms with E-state index in [1.807, 2.05) is 31.2 Å². The third-order valence-electron chi connectivity index (χ3n) is 5.82. The Labute approximate surface area is 202 Å². The van der Waals surface area contributed by atoms with Gasteiger partial charge in [-0.2, -0.15) is 0 Å². The molecule has 0 bridgehead atoms. The predicted molar refractivity (Wildman–Crippen MR) is 134 cm³/mol. The molecule has 0 spiro atoms. The lowest BCUT2D eigenvalue weighted by molar-refractivity contribution is 0.0358. The van der Waals surface area contributed by atoms with Crippen molar-refractivity contribution in [2.45, 2.75) is 34.1 Å². The van der Waals surface area contributed by atoms with Crippen molar-refractivity contribution >= 4 is 11.8 Å². The largest absolute Gasteiger partial charge is 0.493 e. The first kappa shape index (κ1) is 25.7. The first-order valence-corrected chi connectivity index (χ1v) is 11.9. The average molecular weight is 468 g/mol. The molecule has 1 aliphatic heterocycles. The molecule has 0 aliphatic carbocycles. The van der Waals surface area contributed by atoms with E-state index < -0.39 is 5.91 Å². The van der Waals surface area contributed by atoms with Gasteiger partial charge in [0.2, 0.25) is 5.91 Å². The highest BCUT2D eigenvalue weighted by Crippen LogP contribution is 2.34. The second-order valence-electron chi connectivity index (χ2n) is 10.0. The Hall–Kier alpha value is -2.90. The maximum absolute atomic E-state index is 12.8. The van der Waals surface area contributed by atoms with Crippen molar-refractivity contribution in [1.82, 2.24) is 10.2 Å². The third-order valence-corrected chi connectivity index (χ3v) is 5.82. The molecule has 3 rings (SSSR count). The Morgan fingerprint density at radius 1 is 1.06 bits per heavy atom. The van der Waals surface area contributed by atoms with Crippen molar-refractivity contribution in [2.24, 2.45) is 11.1 Å². The smallest absolute Gasteiger partial charge is 0.251 e. The van der Waals surface area contributed by atoms with Gasteiger partial charge < -0.3 is 20.5 Å². The van der Waals surface area contributed by atoms with Crippen molar-refractivity contribution in [3.8, 4) is 16.9 Å². The highest BCUT2D eigenvalue weighted by molar-refractivity contribution is 5.97. The van der Waals surface area contributed by atoms with Gasteiger partial charge in [-0.05, 0) is 60.2 Å². The van der Waals surface area contributed by atoms with Crippen molar-refractivity contribution in [3.05, 3.63) is 53.1 Å². The second-order valence-corrected chi connectivity index (χ2v) is 10.0. The average Bonchev–Trinajstić information content (AvgIpc) is 2.81.